The van der Waals surface area contributed by atoms with E-state index in [9.17, 15) is 17.2 Å². The maximum absolute atomic E-state index is 12.4. The van der Waals surface area contributed by atoms with Crippen molar-refractivity contribution >= 4 is 15.7 Å². The Morgan fingerprint density at radius 3 is 2.31 bits per heavy atom. The van der Waals surface area contributed by atoms with Gasteiger partial charge in [0.05, 0.1) is 5.69 Å². The highest BCUT2D eigenvalue weighted by molar-refractivity contribution is 7.93. The van der Waals surface area contributed by atoms with E-state index in [4.69, 9.17) is 0 Å². The van der Waals surface area contributed by atoms with Crippen LogP contribution in [0, 0.1) is 0 Å². The van der Waals surface area contributed by atoms with Crippen molar-refractivity contribution in [1.82, 2.24) is 0 Å². The van der Waals surface area contributed by atoms with Gasteiger partial charge in [0, 0.05) is 7.11 Å². The molecule has 0 atom stereocenters. The van der Waals surface area contributed by atoms with E-state index in [2.05, 4.69) is 4.74 Å². The van der Waals surface area contributed by atoms with Gasteiger partial charge in [0.25, 0.3) is 10.0 Å². The van der Waals surface area contributed by atoms with E-state index in [0.717, 1.165) is 0 Å². The molecular formula is C9H11F2NO3S. The number of hydrogen-bond acceptors (Lipinski definition) is 3. The molecule has 0 unspecified atom stereocenters. The molecule has 16 heavy (non-hydrogen) atoms. The number of halogens is 2. The molecule has 0 saturated carbocycles. The van der Waals surface area contributed by atoms with Crippen molar-refractivity contribution in [3.05, 3.63) is 30.3 Å². The Hall–Kier alpha value is -1.21. The Bertz CT molecular complexity index is 422. The highest BCUT2D eigenvalue weighted by Crippen LogP contribution is 2.21. The third-order valence-corrected chi connectivity index (χ3v) is 3.20. The fourth-order valence-electron chi connectivity index (χ4n) is 1.10. The minimum Gasteiger partial charge on any atom is -0.363 e. The van der Waals surface area contributed by atoms with Crippen molar-refractivity contribution in [1.29, 1.82) is 0 Å². The molecule has 0 radical (unpaired) electrons. The molecule has 90 valence electrons. The molecular weight excluding hydrogens is 240 g/mol. The van der Waals surface area contributed by atoms with Crippen molar-refractivity contribution in [3.8, 4) is 0 Å². The van der Waals surface area contributed by atoms with Crippen molar-refractivity contribution in [2.45, 2.75) is 5.76 Å². The number of methoxy groups -OCH3 is 1. The Labute approximate surface area is 92.5 Å². The molecule has 0 heterocycles. The van der Waals surface area contributed by atoms with Crippen LogP contribution in [0.25, 0.3) is 0 Å². The Morgan fingerprint density at radius 2 is 1.88 bits per heavy atom. The van der Waals surface area contributed by atoms with Gasteiger partial charge >= 0.3 is 5.76 Å². The number of anilines is 1. The highest BCUT2D eigenvalue weighted by Gasteiger charge is 2.32. The zero-order chi connectivity index (χ0) is 12.2. The SMILES string of the molecule is COCN(c1ccccc1)S(=O)(=O)C(F)F. The first-order chi connectivity index (χ1) is 7.50. The number of para-hydroxylation sites is 1. The number of ether oxygens (including phenoxy) is 1. The van der Waals surface area contributed by atoms with E-state index in [1.54, 1.807) is 18.2 Å². The van der Waals surface area contributed by atoms with E-state index in [1.165, 1.54) is 19.2 Å². The standard InChI is InChI=1S/C9H11F2NO3S/c1-15-7-12(16(13,14)9(10)11)8-5-3-2-4-6-8/h2-6,9H,7H2,1H3. The molecule has 1 aromatic rings. The fourth-order valence-corrected chi connectivity index (χ4v) is 1.96. The fraction of sp³-hybridized carbons (Fsp3) is 0.333. The normalized spacial score (nSPS) is 11.8. The molecule has 0 aliphatic rings. The predicted octanol–water partition coefficient (Wildman–Crippen LogP) is 1.65. The summed E-state index contributed by atoms with van der Waals surface area (Å²) < 4.78 is 52.5. The molecule has 4 nitrogen and oxygen atoms in total. The summed E-state index contributed by atoms with van der Waals surface area (Å²) in [5, 5.41) is 0. The van der Waals surface area contributed by atoms with E-state index in [1.807, 2.05) is 0 Å². The lowest BCUT2D eigenvalue weighted by atomic mass is 10.3. The van der Waals surface area contributed by atoms with Crippen LogP contribution in [-0.2, 0) is 14.8 Å². The van der Waals surface area contributed by atoms with Gasteiger partial charge in [-0.2, -0.15) is 8.78 Å². The van der Waals surface area contributed by atoms with Crippen molar-refractivity contribution in [2.75, 3.05) is 18.1 Å². The Morgan fingerprint density at radius 1 is 1.31 bits per heavy atom. The summed E-state index contributed by atoms with van der Waals surface area (Å²) in [4.78, 5) is 0. The third kappa shape index (κ3) is 2.67. The summed E-state index contributed by atoms with van der Waals surface area (Å²) in [5.41, 5.74) is 0.143. The molecule has 0 N–H and O–H groups in total. The number of nitrogens with zero attached hydrogens (tertiary/aromatic N) is 1. The molecule has 0 amide bonds. The molecule has 0 aliphatic carbocycles. The van der Waals surface area contributed by atoms with Crippen molar-refractivity contribution in [2.24, 2.45) is 0 Å². The van der Waals surface area contributed by atoms with Gasteiger partial charge in [-0.05, 0) is 12.1 Å². The van der Waals surface area contributed by atoms with Gasteiger partial charge in [-0.3, -0.25) is 0 Å². The van der Waals surface area contributed by atoms with Crippen LogP contribution in [0.4, 0.5) is 14.5 Å². The minimum atomic E-state index is -4.68. The third-order valence-electron chi connectivity index (χ3n) is 1.82. The van der Waals surface area contributed by atoms with Crippen molar-refractivity contribution in [3.63, 3.8) is 0 Å². The molecule has 0 aliphatic heterocycles. The summed E-state index contributed by atoms with van der Waals surface area (Å²) in [7, 11) is -3.45. The minimum absolute atomic E-state index is 0.143. The van der Waals surface area contributed by atoms with Gasteiger partial charge in [-0.25, -0.2) is 12.7 Å². The van der Waals surface area contributed by atoms with Crippen LogP contribution in [-0.4, -0.2) is 28.0 Å². The number of hydrogen-bond donors (Lipinski definition) is 0. The second-order valence-electron chi connectivity index (χ2n) is 2.91. The number of benzene rings is 1. The van der Waals surface area contributed by atoms with Gasteiger partial charge < -0.3 is 4.74 Å². The predicted molar refractivity (Wildman–Crippen MR) is 55.7 cm³/mol. The molecule has 1 aromatic carbocycles. The highest BCUT2D eigenvalue weighted by atomic mass is 32.2. The van der Waals surface area contributed by atoms with Crippen LogP contribution < -0.4 is 4.31 Å². The van der Waals surface area contributed by atoms with Crippen LogP contribution in [0.5, 0.6) is 0 Å². The topological polar surface area (TPSA) is 46.6 Å². The van der Waals surface area contributed by atoms with E-state index in [-0.39, 0.29) is 5.69 Å². The number of rotatable bonds is 5. The van der Waals surface area contributed by atoms with E-state index < -0.39 is 22.5 Å². The summed E-state index contributed by atoms with van der Waals surface area (Å²) in [6, 6.07) is 7.60. The van der Waals surface area contributed by atoms with E-state index in [0.29, 0.717) is 4.31 Å². The van der Waals surface area contributed by atoms with Crippen LogP contribution in [0.1, 0.15) is 0 Å². The molecule has 7 heteroatoms. The molecule has 0 saturated heterocycles. The summed E-state index contributed by atoms with van der Waals surface area (Å²) in [5.74, 6) is -3.47. The maximum atomic E-state index is 12.4. The maximum Gasteiger partial charge on any atom is 0.355 e. The Kier molecular flexibility index (Phi) is 4.19. The van der Waals surface area contributed by atoms with Crippen molar-refractivity contribution < 1.29 is 21.9 Å². The molecule has 0 aromatic heterocycles. The van der Waals surface area contributed by atoms with Crippen LogP contribution in [0.3, 0.4) is 0 Å². The van der Waals surface area contributed by atoms with Gasteiger partial charge in [-0.15, -0.1) is 0 Å². The zero-order valence-corrected chi connectivity index (χ0v) is 9.32. The second kappa shape index (κ2) is 5.22. The lowest BCUT2D eigenvalue weighted by Crippen LogP contribution is -2.36. The zero-order valence-electron chi connectivity index (χ0n) is 8.51. The summed E-state index contributed by atoms with van der Waals surface area (Å²) in [6.45, 7) is -0.448. The smallest absolute Gasteiger partial charge is 0.355 e. The molecule has 0 bridgehead atoms. The summed E-state index contributed by atoms with van der Waals surface area (Å²) >= 11 is 0. The lowest BCUT2D eigenvalue weighted by Gasteiger charge is -2.22. The first-order valence-electron chi connectivity index (χ1n) is 4.34. The quantitative estimate of drug-likeness (QED) is 0.747. The average Bonchev–Trinajstić information content (AvgIpc) is 2.26. The van der Waals surface area contributed by atoms with Crippen LogP contribution in [0.15, 0.2) is 30.3 Å². The second-order valence-corrected chi connectivity index (χ2v) is 4.73. The largest absolute Gasteiger partial charge is 0.363 e. The number of sulfonamides is 1. The Balaban J connectivity index is 3.11. The van der Waals surface area contributed by atoms with Gasteiger partial charge in [-0.1, -0.05) is 18.2 Å². The first kappa shape index (κ1) is 12.9. The van der Waals surface area contributed by atoms with Gasteiger partial charge in [0.1, 0.15) is 6.73 Å². The van der Waals surface area contributed by atoms with Crippen LogP contribution in [0.2, 0.25) is 0 Å². The first-order valence-corrected chi connectivity index (χ1v) is 5.84. The monoisotopic (exact) mass is 251 g/mol. The van der Waals surface area contributed by atoms with E-state index >= 15 is 0 Å². The molecule has 1 rings (SSSR count). The molecule has 0 fully saturated rings. The lowest BCUT2D eigenvalue weighted by molar-refractivity contribution is 0.201. The van der Waals surface area contributed by atoms with Gasteiger partial charge in [0.2, 0.25) is 0 Å². The summed E-state index contributed by atoms with van der Waals surface area (Å²) in [6.07, 6.45) is 0. The van der Waals surface area contributed by atoms with Crippen LogP contribution >= 0.6 is 0 Å². The number of alkyl halides is 2. The average molecular weight is 251 g/mol. The molecule has 0 spiro atoms. The van der Waals surface area contributed by atoms with Gasteiger partial charge in [0.15, 0.2) is 0 Å².